The zero-order valence-corrected chi connectivity index (χ0v) is 11.5. The van der Waals surface area contributed by atoms with E-state index in [0.29, 0.717) is 11.3 Å². The van der Waals surface area contributed by atoms with Crippen LogP contribution in [0.2, 0.25) is 0 Å². The maximum absolute atomic E-state index is 12.0. The van der Waals surface area contributed by atoms with E-state index in [1.165, 1.54) is 0 Å². The quantitative estimate of drug-likeness (QED) is 0.813. The number of Topliss-reactive ketones (excluding diaryl/α,β-unsaturated/α-hetero) is 1. The monoisotopic (exact) mass is 305 g/mol. The van der Waals surface area contributed by atoms with Gasteiger partial charge in [-0.05, 0) is 34.5 Å². The van der Waals surface area contributed by atoms with Gasteiger partial charge in [-0.3, -0.25) is 9.78 Å². The summed E-state index contributed by atoms with van der Waals surface area (Å²) < 4.78 is 6.24. The van der Waals surface area contributed by atoms with Gasteiger partial charge in [-0.25, -0.2) is 0 Å². The average Bonchev–Trinajstić information content (AvgIpc) is 2.37. The highest BCUT2D eigenvalue weighted by Gasteiger charge is 2.09. The molecule has 2 rings (SSSR count). The summed E-state index contributed by atoms with van der Waals surface area (Å²) in [4.78, 5) is 15.9. The molecule has 2 aromatic rings. The molecule has 0 atom stereocenters. The summed E-state index contributed by atoms with van der Waals surface area (Å²) in [5, 5.41) is 0. The van der Waals surface area contributed by atoms with Gasteiger partial charge in [-0.1, -0.05) is 24.3 Å². The van der Waals surface area contributed by atoms with Crippen LogP contribution in [-0.4, -0.2) is 17.4 Å². The van der Waals surface area contributed by atoms with Crippen LogP contribution in [0, 0.1) is 6.92 Å². The summed E-state index contributed by atoms with van der Waals surface area (Å²) in [6.45, 7) is 1.93. The molecule has 4 heteroatoms. The smallest absolute Gasteiger partial charge is 0.200 e. The van der Waals surface area contributed by atoms with Crippen molar-refractivity contribution in [2.45, 2.75) is 6.92 Å². The van der Waals surface area contributed by atoms with Crippen molar-refractivity contribution in [2.75, 3.05) is 6.61 Å². The molecular weight excluding hydrogens is 294 g/mol. The first-order valence-corrected chi connectivity index (χ1v) is 6.28. The Bertz CT molecular complexity index is 569. The minimum atomic E-state index is -0.0342. The van der Waals surface area contributed by atoms with Crippen molar-refractivity contribution in [3.63, 3.8) is 0 Å². The van der Waals surface area contributed by atoms with E-state index in [9.17, 15) is 4.79 Å². The zero-order valence-electron chi connectivity index (χ0n) is 9.89. The van der Waals surface area contributed by atoms with Crippen LogP contribution in [0.25, 0.3) is 0 Å². The van der Waals surface area contributed by atoms with Crippen molar-refractivity contribution >= 4 is 21.7 Å². The number of benzene rings is 1. The first-order valence-electron chi connectivity index (χ1n) is 5.49. The second-order valence-corrected chi connectivity index (χ2v) is 4.78. The van der Waals surface area contributed by atoms with Crippen LogP contribution in [0.15, 0.2) is 47.2 Å². The van der Waals surface area contributed by atoms with Gasteiger partial charge in [0.2, 0.25) is 0 Å². The summed E-state index contributed by atoms with van der Waals surface area (Å²) in [5.74, 6) is 0.541. The maximum Gasteiger partial charge on any atom is 0.200 e. The van der Waals surface area contributed by atoms with E-state index in [4.69, 9.17) is 4.74 Å². The summed E-state index contributed by atoms with van der Waals surface area (Å²) in [5.41, 5.74) is 1.65. The third kappa shape index (κ3) is 3.17. The Morgan fingerprint density at radius 1 is 1.33 bits per heavy atom. The highest BCUT2D eigenvalue weighted by Crippen LogP contribution is 2.16. The fourth-order valence-electron chi connectivity index (χ4n) is 1.58. The number of hydrogen-bond acceptors (Lipinski definition) is 3. The van der Waals surface area contributed by atoms with E-state index in [0.717, 1.165) is 10.0 Å². The number of rotatable bonds is 4. The lowest BCUT2D eigenvalue weighted by Crippen LogP contribution is -2.12. The Morgan fingerprint density at radius 3 is 2.83 bits per heavy atom. The van der Waals surface area contributed by atoms with Crippen LogP contribution in [0.4, 0.5) is 0 Å². The predicted octanol–water partition coefficient (Wildman–Crippen LogP) is 3.41. The van der Waals surface area contributed by atoms with Crippen molar-refractivity contribution in [3.8, 4) is 5.75 Å². The van der Waals surface area contributed by atoms with Crippen molar-refractivity contribution in [1.29, 1.82) is 0 Å². The van der Waals surface area contributed by atoms with Crippen LogP contribution < -0.4 is 4.74 Å². The predicted molar refractivity (Wildman–Crippen MR) is 72.9 cm³/mol. The van der Waals surface area contributed by atoms with Crippen LogP contribution in [0.1, 0.15) is 15.9 Å². The number of carbonyl (C=O) groups is 1. The molecule has 0 radical (unpaired) electrons. The number of aromatic nitrogens is 1. The van der Waals surface area contributed by atoms with E-state index >= 15 is 0 Å². The molecule has 1 aromatic carbocycles. The lowest BCUT2D eigenvalue weighted by atomic mass is 10.1. The van der Waals surface area contributed by atoms with Gasteiger partial charge in [0.15, 0.2) is 12.4 Å². The Morgan fingerprint density at radius 2 is 2.11 bits per heavy atom. The molecule has 92 valence electrons. The third-order valence-corrected chi connectivity index (χ3v) is 2.93. The first-order chi connectivity index (χ1) is 8.66. The second-order valence-electron chi connectivity index (χ2n) is 3.87. The van der Waals surface area contributed by atoms with Crippen LogP contribution in [0.5, 0.6) is 5.75 Å². The number of hydrogen-bond donors (Lipinski definition) is 0. The standard InChI is InChI=1S/C14H12BrNO2/c1-10-4-2-3-5-13(10)14(17)9-18-12-6-11(15)7-16-8-12/h2-8H,9H2,1H3. The highest BCUT2D eigenvalue weighted by molar-refractivity contribution is 9.10. The molecule has 0 saturated heterocycles. The van der Waals surface area contributed by atoms with Gasteiger partial charge in [0.05, 0.1) is 6.20 Å². The summed E-state index contributed by atoms with van der Waals surface area (Å²) >= 11 is 3.30. The number of ketones is 1. The van der Waals surface area contributed by atoms with Crippen molar-refractivity contribution < 1.29 is 9.53 Å². The largest absolute Gasteiger partial charge is 0.484 e. The number of pyridine rings is 1. The van der Waals surface area contributed by atoms with Gasteiger partial charge in [-0.2, -0.15) is 0 Å². The molecule has 1 heterocycles. The Hall–Kier alpha value is -1.68. The first kappa shape index (κ1) is 12.8. The van der Waals surface area contributed by atoms with Gasteiger partial charge in [0.25, 0.3) is 0 Å². The van der Waals surface area contributed by atoms with Crippen LogP contribution in [-0.2, 0) is 0 Å². The molecule has 0 aliphatic heterocycles. The molecule has 3 nitrogen and oxygen atoms in total. The third-order valence-electron chi connectivity index (χ3n) is 2.50. The number of halogens is 1. The van der Waals surface area contributed by atoms with Gasteiger partial charge in [-0.15, -0.1) is 0 Å². The molecule has 0 spiro atoms. The molecule has 0 aliphatic rings. The Labute approximate surface area is 114 Å². The van der Waals surface area contributed by atoms with Crippen molar-refractivity contribution in [2.24, 2.45) is 0 Å². The lowest BCUT2D eigenvalue weighted by molar-refractivity contribution is 0.0920. The zero-order chi connectivity index (χ0) is 13.0. The lowest BCUT2D eigenvalue weighted by Gasteiger charge is -2.07. The highest BCUT2D eigenvalue weighted by atomic mass is 79.9. The molecule has 0 saturated carbocycles. The summed E-state index contributed by atoms with van der Waals surface area (Å²) in [6.07, 6.45) is 3.24. The molecular formula is C14H12BrNO2. The number of aryl methyl sites for hydroxylation is 1. The summed E-state index contributed by atoms with van der Waals surface area (Å²) in [7, 11) is 0. The van der Waals surface area contributed by atoms with E-state index < -0.39 is 0 Å². The van der Waals surface area contributed by atoms with Gasteiger partial charge >= 0.3 is 0 Å². The molecule has 0 unspecified atom stereocenters. The van der Waals surface area contributed by atoms with E-state index in [-0.39, 0.29) is 12.4 Å². The van der Waals surface area contributed by atoms with Crippen molar-refractivity contribution in [1.82, 2.24) is 4.98 Å². The Kier molecular flexibility index (Phi) is 4.10. The fourth-order valence-corrected chi connectivity index (χ4v) is 1.93. The molecule has 18 heavy (non-hydrogen) atoms. The van der Waals surface area contributed by atoms with Gasteiger partial charge < -0.3 is 4.74 Å². The molecule has 1 aromatic heterocycles. The minimum absolute atomic E-state index is 0.0169. The van der Waals surface area contributed by atoms with E-state index in [1.807, 2.05) is 25.1 Å². The second kappa shape index (κ2) is 5.78. The fraction of sp³-hybridized carbons (Fsp3) is 0.143. The molecule has 0 amide bonds. The summed E-state index contributed by atoms with van der Waals surface area (Å²) in [6, 6.07) is 9.25. The van der Waals surface area contributed by atoms with Crippen LogP contribution in [0.3, 0.4) is 0 Å². The van der Waals surface area contributed by atoms with E-state index in [2.05, 4.69) is 20.9 Å². The van der Waals surface area contributed by atoms with Gasteiger partial charge in [0.1, 0.15) is 5.75 Å². The molecule has 0 N–H and O–H groups in total. The number of nitrogens with zero attached hydrogens (tertiary/aromatic N) is 1. The number of ether oxygens (including phenoxy) is 1. The normalized spacial score (nSPS) is 10.1. The molecule has 0 fully saturated rings. The topological polar surface area (TPSA) is 39.2 Å². The molecule has 0 bridgehead atoms. The SMILES string of the molecule is Cc1ccccc1C(=O)COc1cncc(Br)c1. The van der Waals surface area contributed by atoms with Crippen LogP contribution >= 0.6 is 15.9 Å². The minimum Gasteiger partial charge on any atom is -0.484 e. The van der Waals surface area contributed by atoms with E-state index in [1.54, 1.807) is 24.5 Å². The number of carbonyl (C=O) groups excluding carboxylic acids is 1. The van der Waals surface area contributed by atoms with Gasteiger partial charge in [0, 0.05) is 16.2 Å². The van der Waals surface area contributed by atoms with Crippen molar-refractivity contribution in [3.05, 3.63) is 58.3 Å². The average molecular weight is 306 g/mol. The maximum atomic E-state index is 12.0. The molecule has 0 aliphatic carbocycles. The Balaban J connectivity index is 2.03.